The van der Waals surface area contributed by atoms with Gasteiger partial charge in [-0.2, -0.15) is 0 Å². The molecule has 94 valence electrons. The molecule has 0 fully saturated rings. The largest absolute Gasteiger partial charge is 0.497 e. The van der Waals surface area contributed by atoms with E-state index in [2.05, 4.69) is 22.5 Å². The number of methoxy groups -OCH3 is 2. The predicted octanol–water partition coefficient (Wildman–Crippen LogP) is 2.31. The summed E-state index contributed by atoms with van der Waals surface area (Å²) in [4.78, 5) is 12.2. The molecule has 1 aliphatic rings. The number of hydrogen-bond donors (Lipinski definition) is 0. The molecule has 1 aliphatic carbocycles. The second-order valence-corrected chi connectivity index (χ2v) is 4.29. The molecule has 0 bridgehead atoms. The first-order valence-corrected chi connectivity index (χ1v) is 5.80. The highest BCUT2D eigenvalue weighted by atomic mass is 79.9. The molecular formula is C12H15BrO4. The second-order valence-electron chi connectivity index (χ2n) is 3.44. The van der Waals surface area contributed by atoms with Gasteiger partial charge in [0.2, 0.25) is 5.78 Å². The average Bonchev–Trinajstić information content (AvgIpc) is 2.35. The van der Waals surface area contributed by atoms with Gasteiger partial charge in [-0.3, -0.25) is 4.79 Å². The zero-order valence-corrected chi connectivity index (χ0v) is 11.7. The van der Waals surface area contributed by atoms with Crippen LogP contribution in [0.1, 0.15) is 6.92 Å². The molecule has 0 radical (unpaired) electrons. The monoisotopic (exact) mass is 302 g/mol. The van der Waals surface area contributed by atoms with Gasteiger partial charge < -0.3 is 14.2 Å². The fraction of sp³-hybridized carbons (Fsp3) is 0.417. The summed E-state index contributed by atoms with van der Waals surface area (Å²) in [5, 5.41) is 0. The van der Waals surface area contributed by atoms with Crippen LogP contribution in [0.3, 0.4) is 0 Å². The summed E-state index contributed by atoms with van der Waals surface area (Å²) in [6.45, 7) is 5.49. The van der Waals surface area contributed by atoms with Gasteiger partial charge in [0.05, 0.1) is 18.2 Å². The van der Waals surface area contributed by atoms with Crippen molar-refractivity contribution in [3.8, 4) is 0 Å². The van der Waals surface area contributed by atoms with Gasteiger partial charge in [0.1, 0.15) is 5.76 Å². The third-order valence-corrected chi connectivity index (χ3v) is 3.14. The Bertz CT molecular complexity index is 397. The summed E-state index contributed by atoms with van der Waals surface area (Å²) < 4.78 is 16.3. The minimum atomic E-state index is -1.44. The van der Waals surface area contributed by atoms with E-state index in [9.17, 15) is 4.79 Å². The molecule has 0 aromatic heterocycles. The molecule has 4 nitrogen and oxygen atoms in total. The van der Waals surface area contributed by atoms with Crippen molar-refractivity contribution in [2.45, 2.75) is 12.7 Å². The van der Waals surface area contributed by atoms with E-state index in [1.807, 2.05) is 0 Å². The maximum Gasteiger partial charge on any atom is 0.261 e. The Balaban J connectivity index is 3.26. The van der Waals surface area contributed by atoms with Crippen molar-refractivity contribution in [1.29, 1.82) is 0 Å². The Morgan fingerprint density at radius 3 is 2.65 bits per heavy atom. The lowest BCUT2D eigenvalue weighted by Gasteiger charge is -2.34. The van der Waals surface area contributed by atoms with Crippen LogP contribution in [-0.2, 0) is 19.0 Å². The molecule has 0 amide bonds. The SMILES string of the molecule is C=CCOC1(OC)C(=O)C(Br)=CC(OC)=C1C. The van der Waals surface area contributed by atoms with E-state index in [4.69, 9.17) is 14.2 Å². The molecule has 0 aromatic rings. The number of rotatable bonds is 5. The number of carbonyl (C=O) groups is 1. The fourth-order valence-electron chi connectivity index (χ4n) is 1.65. The van der Waals surface area contributed by atoms with Crippen molar-refractivity contribution >= 4 is 21.7 Å². The van der Waals surface area contributed by atoms with E-state index < -0.39 is 5.79 Å². The van der Waals surface area contributed by atoms with E-state index in [0.717, 1.165) is 0 Å². The number of halogens is 1. The Kier molecular flexibility index (Phi) is 4.68. The van der Waals surface area contributed by atoms with Crippen molar-refractivity contribution in [2.24, 2.45) is 0 Å². The molecule has 0 spiro atoms. The van der Waals surface area contributed by atoms with E-state index in [0.29, 0.717) is 15.8 Å². The number of Topliss-reactive ketones (excluding diaryl/α,β-unsaturated/α-hetero) is 1. The summed E-state index contributed by atoms with van der Waals surface area (Å²) in [6, 6.07) is 0. The van der Waals surface area contributed by atoms with E-state index in [-0.39, 0.29) is 12.4 Å². The number of hydrogen-bond acceptors (Lipinski definition) is 4. The first-order valence-electron chi connectivity index (χ1n) is 5.00. The maximum absolute atomic E-state index is 12.2. The molecule has 1 rings (SSSR count). The second kappa shape index (κ2) is 5.62. The molecule has 0 aliphatic heterocycles. The van der Waals surface area contributed by atoms with Crippen LogP contribution < -0.4 is 0 Å². The molecule has 5 heteroatoms. The Morgan fingerprint density at radius 2 is 2.18 bits per heavy atom. The lowest BCUT2D eigenvalue weighted by atomic mass is 9.96. The van der Waals surface area contributed by atoms with Crippen LogP contribution in [0.5, 0.6) is 0 Å². The minimum absolute atomic E-state index is 0.203. The molecular weight excluding hydrogens is 288 g/mol. The normalized spacial score (nSPS) is 24.7. The average molecular weight is 303 g/mol. The molecule has 0 N–H and O–H groups in total. The molecule has 0 heterocycles. The van der Waals surface area contributed by atoms with Gasteiger partial charge in [-0.25, -0.2) is 0 Å². The number of carbonyl (C=O) groups excluding carboxylic acids is 1. The van der Waals surface area contributed by atoms with Crippen LogP contribution in [0, 0.1) is 0 Å². The van der Waals surface area contributed by atoms with Crippen molar-refractivity contribution < 1.29 is 19.0 Å². The zero-order chi connectivity index (χ0) is 13.1. The highest BCUT2D eigenvalue weighted by Gasteiger charge is 2.47. The standard InChI is InChI=1S/C12H15BrO4/c1-5-6-17-12(16-4)8(2)10(15-3)7-9(13)11(12)14/h5,7H,1,6H2,2-4H3. The van der Waals surface area contributed by atoms with E-state index in [1.165, 1.54) is 14.2 Å². The Labute approximate surface area is 109 Å². The number of ether oxygens (including phenoxy) is 3. The van der Waals surface area contributed by atoms with Gasteiger partial charge in [-0.1, -0.05) is 6.08 Å². The summed E-state index contributed by atoms with van der Waals surface area (Å²) in [5.74, 6) is -1.19. The maximum atomic E-state index is 12.2. The first-order chi connectivity index (χ1) is 8.03. The molecule has 0 saturated carbocycles. The van der Waals surface area contributed by atoms with Crippen molar-refractivity contribution in [3.63, 3.8) is 0 Å². The highest BCUT2D eigenvalue weighted by Crippen LogP contribution is 2.36. The molecule has 1 atom stereocenters. The summed E-state index contributed by atoms with van der Waals surface area (Å²) in [6.07, 6.45) is 3.16. The van der Waals surface area contributed by atoms with Gasteiger partial charge in [0.25, 0.3) is 5.79 Å². The van der Waals surface area contributed by atoms with Gasteiger partial charge in [0.15, 0.2) is 0 Å². The van der Waals surface area contributed by atoms with Crippen molar-refractivity contribution in [1.82, 2.24) is 0 Å². The van der Waals surface area contributed by atoms with Crippen LogP contribution in [0.25, 0.3) is 0 Å². The van der Waals surface area contributed by atoms with Crippen molar-refractivity contribution in [2.75, 3.05) is 20.8 Å². The van der Waals surface area contributed by atoms with Gasteiger partial charge in [-0.15, -0.1) is 6.58 Å². The van der Waals surface area contributed by atoms with Crippen LogP contribution in [0.15, 0.2) is 34.5 Å². The quantitative estimate of drug-likeness (QED) is 0.577. The zero-order valence-electron chi connectivity index (χ0n) is 10.1. The van der Waals surface area contributed by atoms with Gasteiger partial charge in [-0.05, 0) is 28.9 Å². The summed E-state index contributed by atoms with van der Waals surface area (Å²) >= 11 is 3.18. The van der Waals surface area contributed by atoms with Crippen molar-refractivity contribution in [3.05, 3.63) is 34.5 Å². The fourth-order valence-corrected chi connectivity index (χ4v) is 2.11. The molecule has 0 aromatic carbocycles. The van der Waals surface area contributed by atoms with Crippen LogP contribution in [-0.4, -0.2) is 32.4 Å². The number of ketones is 1. The van der Waals surface area contributed by atoms with Crippen LogP contribution in [0.4, 0.5) is 0 Å². The summed E-state index contributed by atoms with van der Waals surface area (Å²) in [7, 11) is 2.95. The van der Waals surface area contributed by atoms with Crippen LogP contribution in [0.2, 0.25) is 0 Å². The van der Waals surface area contributed by atoms with E-state index in [1.54, 1.807) is 19.1 Å². The smallest absolute Gasteiger partial charge is 0.261 e. The third kappa shape index (κ3) is 2.36. The Morgan fingerprint density at radius 1 is 1.53 bits per heavy atom. The molecule has 1 unspecified atom stereocenters. The lowest BCUT2D eigenvalue weighted by Crippen LogP contribution is -2.47. The van der Waals surface area contributed by atoms with E-state index >= 15 is 0 Å². The van der Waals surface area contributed by atoms with Gasteiger partial charge in [0, 0.05) is 12.7 Å². The highest BCUT2D eigenvalue weighted by molar-refractivity contribution is 9.12. The third-order valence-electron chi connectivity index (χ3n) is 2.55. The van der Waals surface area contributed by atoms with Crippen LogP contribution >= 0.6 is 15.9 Å². The lowest BCUT2D eigenvalue weighted by molar-refractivity contribution is -0.193. The predicted molar refractivity (Wildman–Crippen MR) is 67.6 cm³/mol. The number of allylic oxidation sites excluding steroid dienone is 1. The first kappa shape index (κ1) is 14.2. The minimum Gasteiger partial charge on any atom is -0.497 e. The molecule has 0 saturated heterocycles. The van der Waals surface area contributed by atoms with Gasteiger partial charge >= 0.3 is 0 Å². The molecule has 17 heavy (non-hydrogen) atoms. The topological polar surface area (TPSA) is 44.8 Å². The Hall–Kier alpha value is -0.910. The summed E-state index contributed by atoms with van der Waals surface area (Å²) in [5.41, 5.74) is 0.581.